The molecule has 0 aromatic carbocycles. The van der Waals surface area contributed by atoms with Crippen molar-refractivity contribution >= 4 is 5.91 Å². The van der Waals surface area contributed by atoms with E-state index in [-0.39, 0.29) is 12.0 Å². The van der Waals surface area contributed by atoms with Gasteiger partial charge in [0.2, 0.25) is 5.91 Å². The summed E-state index contributed by atoms with van der Waals surface area (Å²) in [6.07, 6.45) is 4.11. The number of rotatable bonds is 2. The number of hydrogen-bond acceptors (Lipinski definition) is 3. The maximum Gasteiger partial charge on any atom is 0.225 e. The van der Waals surface area contributed by atoms with Crippen LogP contribution in [0.25, 0.3) is 0 Å². The Kier molecular flexibility index (Phi) is 4.28. The van der Waals surface area contributed by atoms with Gasteiger partial charge in [-0.2, -0.15) is 0 Å². The molecule has 2 aliphatic rings. The van der Waals surface area contributed by atoms with E-state index in [9.17, 15) is 4.79 Å². The largest absolute Gasteiger partial charge is 0.341 e. The first-order chi connectivity index (χ1) is 8.49. The first-order valence-corrected chi connectivity index (χ1v) is 7.19. The van der Waals surface area contributed by atoms with Gasteiger partial charge in [0.05, 0.1) is 0 Å². The lowest BCUT2D eigenvalue weighted by molar-refractivity contribution is -0.135. The van der Waals surface area contributed by atoms with E-state index in [0.717, 1.165) is 38.8 Å². The van der Waals surface area contributed by atoms with Crippen molar-refractivity contribution in [2.45, 2.75) is 44.7 Å². The standard InChI is InChI=1S/C14H27N3O/c1-10-8-17(9-13(10)16(2)3)14(18)11-5-4-6-12(15)7-11/h10-13H,4-9,15H2,1-3H3. The van der Waals surface area contributed by atoms with Gasteiger partial charge in [-0.15, -0.1) is 0 Å². The molecule has 0 bridgehead atoms. The van der Waals surface area contributed by atoms with Crippen molar-refractivity contribution in [3.8, 4) is 0 Å². The highest BCUT2D eigenvalue weighted by atomic mass is 16.2. The van der Waals surface area contributed by atoms with Gasteiger partial charge in [0.25, 0.3) is 0 Å². The molecule has 4 unspecified atom stereocenters. The lowest BCUT2D eigenvalue weighted by Gasteiger charge is -2.29. The van der Waals surface area contributed by atoms with Crippen molar-refractivity contribution in [3.05, 3.63) is 0 Å². The second-order valence-electron chi connectivity index (χ2n) is 6.38. The van der Waals surface area contributed by atoms with Gasteiger partial charge in [-0.1, -0.05) is 13.3 Å². The minimum absolute atomic E-state index is 0.182. The van der Waals surface area contributed by atoms with E-state index in [2.05, 4.69) is 30.8 Å². The van der Waals surface area contributed by atoms with Crippen molar-refractivity contribution in [2.75, 3.05) is 27.2 Å². The van der Waals surface area contributed by atoms with E-state index < -0.39 is 0 Å². The molecule has 1 amide bonds. The first-order valence-electron chi connectivity index (χ1n) is 7.19. The Bertz CT molecular complexity index is 305. The summed E-state index contributed by atoms with van der Waals surface area (Å²) >= 11 is 0. The summed E-state index contributed by atoms with van der Waals surface area (Å²) < 4.78 is 0. The molecule has 18 heavy (non-hydrogen) atoms. The topological polar surface area (TPSA) is 49.6 Å². The minimum atomic E-state index is 0.182. The third-order valence-electron chi connectivity index (χ3n) is 4.61. The second kappa shape index (κ2) is 5.57. The molecule has 1 heterocycles. The molecule has 0 aromatic heterocycles. The monoisotopic (exact) mass is 253 g/mol. The summed E-state index contributed by atoms with van der Waals surface area (Å²) in [6.45, 7) is 4.04. The van der Waals surface area contributed by atoms with E-state index in [1.54, 1.807) is 0 Å². The molecule has 1 saturated heterocycles. The normalized spacial score (nSPS) is 37.3. The van der Waals surface area contributed by atoms with E-state index in [4.69, 9.17) is 5.73 Å². The number of amides is 1. The molecule has 4 heteroatoms. The van der Waals surface area contributed by atoms with Crippen LogP contribution in [0.5, 0.6) is 0 Å². The molecule has 2 N–H and O–H groups in total. The maximum atomic E-state index is 12.5. The van der Waals surface area contributed by atoms with Crippen LogP contribution in [-0.2, 0) is 4.79 Å². The third kappa shape index (κ3) is 2.86. The van der Waals surface area contributed by atoms with Crippen molar-refractivity contribution in [2.24, 2.45) is 17.6 Å². The SMILES string of the molecule is CC1CN(C(=O)C2CCCC(N)C2)CC1N(C)C. The fourth-order valence-corrected chi connectivity index (χ4v) is 3.51. The predicted molar refractivity (Wildman–Crippen MR) is 73.2 cm³/mol. The van der Waals surface area contributed by atoms with Crippen molar-refractivity contribution in [1.82, 2.24) is 9.80 Å². The van der Waals surface area contributed by atoms with Gasteiger partial charge in [0, 0.05) is 31.1 Å². The Morgan fingerprint density at radius 1 is 1.28 bits per heavy atom. The molecule has 4 atom stereocenters. The van der Waals surface area contributed by atoms with Crippen LogP contribution in [0.1, 0.15) is 32.6 Å². The summed E-state index contributed by atoms with van der Waals surface area (Å²) in [4.78, 5) is 16.8. The van der Waals surface area contributed by atoms with E-state index >= 15 is 0 Å². The molecule has 1 aliphatic carbocycles. The van der Waals surface area contributed by atoms with Gasteiger partial charge in [-0.25, -0.2) is 0 Å². The molecule has 2 fully saturated rings. The van der Waals surface area contributed by atoms with Gasteiger partial charge in [-0.05, 0) is 39.3 Å². The lowest BCUT2D eigenvalue weighted by atomic mass is 9.85. The van der Waals surface area contributed by atoms with Gasteiger partial charge in [0.1, 0.15) is 0 Å². The number of nitrogens with zero attached hydrogens (tertiary/aromatic N) is 2. The highest BCUT2D eigenvalue weighted by Crippen LogP contribution is 2.28. The quantitative estimate of drug-likeness (QED) is 0.796. The van der Waals surface area contributed by atoms with Crippen LogP contribution in [0.4, 0.5) is 0 Å². The smallest absolute Gasteiger partial charge is 0.225 e. The van der Waals surface area contributed by atoms with E-state index in [1.807, 2.05) is 0 Å². The number of hydrogen-bond donors (Lipinski definition) is 1. The third-order valence-corrected chi connectivity index (χ3v) is 4.61. The Labute approximate surface area is 110 Å². The van der Waals surface area contributed by atoms with Crippen molar-refractivity contribution in [1.29, 1.82) is 0 Å². The average molecular weight is 253 g/mol. The molecule has 0 spiro atoms. The summed E-state index contributed by atoms with van der Waals surface area (Å²) in [5.74, 6) is 1.10. The average Bonchev–Trinajstić information content (AvgIpc) is 2.70. The second-order valence-corrected chi connectivity index (χ2v) is 6.38. The zero-order valence-electron chi connectivity index (χ0n) is 11.9. The van der Waals surface area contributed by atoms with Crippen molar-refractivity contribution in [3.63, 3.8) is 0 Å². The number of likely N-dealkylation sites (N-methyl/N-ethyl adjacent to an activating group) is 1. The lowest BCUT2D eigenvalue weighted by Crippen LogP contribution is -2.41. The van der Waals surface area contributed by atoms with Crippen LogP contribution in [-0.4, -0.2) is 55.0 Å². The van der Waals surface area contributed by atoms with Crippen LogP contribution in [0.15, 0.2) is 0 Å². The van der Waals surface area contributed by atoms with E-state index in [1.165, 1.54) is 0 Å². The Balaban J connectivity index is 1.94. The molecule has 4 nitrogen and oxygen atoms in total. The Morgan fingerprint density at radius 2 is 2.00 bits per heavy atom. The number of carbonyl (C=O) groups is 1. The zero-order valence-corrected chi connectivity index (χ0v) is 11.9. The summed E-state index contributed by atoms with van der Waals surface area (Å²) in [5, 5.41) is 0. The van der Waals surface area contributed by atoms with Gasteiger partial charge < -0.3 is 15.5 Å². The molecule has 2 rings (SSSR count). The predicted octanol–water partition coefficient (Wildman–Crippen LogP) is 0.912. The van der Waals surface area contributed by atoms with Crippen molar-refractivity contribution < 1.29 is 4.79 Å². The van der Waals surface area contributed by atoms with E-state index in [0.29, 0.717) is 17.9 Å². The molecule has 1 saturated carbocycles. The number of likely N-dealkylation sites (tertiary alicyclic amines) is 1. The highest BCUT2D eigenvalue weighted by Gasteiger charge is 2.37. The van der Waals surface area contributed by atoms with Crippen LogP contribution < -0.4 is 5.73 Å². The zero-order chi connectivity index (χ0) is 13.3. The van der Waals surface area contributed by atoms with Gasteiger partial charge in [-0.3, -0.25) is 4.79 Å². The first kappa shape index (κ1) is 13.8. The summed E-state index contributed by atoms with van der Waals surface area (Å²) in [5.41, 5.74) is 5.99. The van der Waals surface area contributed by atoms with Crippen LogP contribution >= 0.6 is 0 Å². The molecule has 104 valence electrons. The molecule has 1 aliphatic heterocycles. The fraction of sp³-hybridized carbons (Fsp3) is 0.929. The molecule has 0 radical (unpaired) electrons. The molecular weight excluding hydrogens is 226 g/mol. The molecule has 0 aromatic rings. The number of nitrogens with two attached hydrogens (primary N) is 1. The fourth-order valence-electron chi connectivity index (χ4n) is 3.51. The minimum Gasteiger partial charge on any atom is -0.341 e. The summed E-state index contributed by atoms with van der Waals surface area (Å²) in [7, 11) is 4.21. The van der Waals surface area contributed by atoms with Gasteiger partial charge >= 0.3 is 0 Å². The Hall–Kier alpha value is -0.610. The van der Waals surface area contributed by atoms with Crippen LogP contribution in [0.2, 0.25) is 0 Å². The highest BCUT2D eigenvalue weighted by molar-refractivity contribution is 5.79. The summed E-state index contributed by atoms with van der Waals surface area (Å²) in [6, 6.07) is 0.739. The van der Waals surface area contributed by atoms with Gasteiger partial charge in [0.15, 0.2) is 0 Å². The van der Waals surface area contributed by atoms with Crippen LogP contribution in [0.3, 0.4) is 0 Å². The number of carbonyl (C=O) groups excluding carboxylic acids is 1. The molecular formula is C14H27N3O. The van der Waals surface area contributed by atoms with Crippen LogP contribution in [0, 0.1) is 11.8 Å². The Morgan fingerprint density at radius 3 is 2.56 bits per heavy atom. The maximum absolute atomic E-state index is 12.5.